The molecule has 2 rings (SSSR count). The molecule has 4 heteroatoms. The predicted molar refractivity (Wildman–Crippen MR) is 69.0 cm³/mol. The highest BCUT2D eigenvalue weighted by atomic mass is 35.5. The van der Waals surface area contributed by atoms with E-state index in [0.717, 1.165) is 16.8 Å². The van der Waals surface area contributed by atoms with E-state index in [-0.39, 0.29) is 0 Å². The predicted octanol–water partition coefficient (Wildman–Crippen LogP) is 4.12. The quantitative estimate of drug-likeness (QED) is 0.817. The van der Waals surface area contributed by atoms with Gasteiger partial charge in [0.05, 0.1) is 28.2 Å². The summed E-state index contributed by atoms with van der Waals surface area (Å²) in [6.45, 7) is 0. The molecule has 0 unspecified atom stereocenters. The third kappa shape index (κ3) is 2.58. The monoisotopic (exact) mass is 262 g/mol. The number of nitrogens with zero attached hydrogens (tertiary/aromatic N) is 2. The van der Waals surface area contributed by atoms with E-state index in [2.05, 4.69) is 11.1 Å². The molecule has 0 bridgehead atoms. The summed E-state index contributed by atoms with van der Waals surface area (Å²) in [6, 6.07) is 11.2. The van der Waals surface area contributed by atoms with E-state index in [1.807, 2.05) is 24.3 Å². The molecule has 0 aliphatic heterocycles. The second kappa shape index (κ2) is 5.18. The van der Waals surface area contributed by atoms with Crippen LogP contribution in [0, 0.1) is 11.3 Å². The molecule has 0 saturated carbocycles. The lowest BCUT2D eigenvalue weighted by Crippen LogP contribution is -1.88. The molecule has 0 aliphatic rings. The zero-order valence-electron chi connectivity index (χ0n) is 8.82. The van der Waals surface area contributed by atoms with Gasteiger partial charge in [-0.25, -0.2) is 0 Å². The Morgan fingerprint density at radius 3 is 2.65 bits per heavy atom. The fourth-order valence-electron chi connectivity index (χ4n) is 1.48. The highest BCUT2D eigenvalue weighted by molar-refractivity contribution is 6.43. The van der Waals surface area contributed by atoms with Gasteiger partial charge in [0.2, 0.25) is 0 Å². The van der Waals surface area contributed by atoms with E-state index in [1.54, 1.807) is 12.3 Å². The number of halogens is 2. The van der Waals surface area contributed by atoms with Crippen molar-refractivity contribution in [3.8, 4) is 17.3 Å². The Morgan fingerprint density at radius 1 is 1.18 bits per heavy atom. The number of nitriles is 1. The molecular weight excluding hydrogens is 255 g/mol. The highest BCUT2D eigenvalue weighted by Gasteiger charge is 2.07. The summed E-state index contributed by atoms with van der Waals surface area (Å²) in [5.41, 5.74) is 2.43. The summed E-state index contributed by atoms with van der Waals surface area (Å²) >= 11 is 12.0. The summed E-state index contributed by atoms with van der Waals surface area (Å²) in [4.78, 5) is 4.28. The van der Waals surface area contributed by atoms with Crippen LogP contribution in [-0.2, 0) is 6.42 Å². The van der Waals surface area contributed by atoms with Gasteiger partial charge in [0.1, 0.15) is 0 Å². The molecule has 2 aromatic rings. The smallest absolute Gasteiger partial charge is 0.0717 e. The largest absolute Gasteiger partial charge is 0.256 e. The molecule has 0 spiro atoms. The topological polar surface area (TPSA) is 36.7 Å². The van der Waals surface area contributed by atoms with Crippen LogP contribution in [-0.4, -0.2) is 4.98 Å². The van der Waals surface area contributed by atoms with Crippen molar-refractivity contribution >= 4 is 23.2 Å². The number of hydrogen-bond donors (Lipinski definition) is 0. The van der Waals surface area contributed by atoms with Crippen molar-refractivity contribution in [2.45, 2.75) is 6.42 Å². The fourth-order valence-corrected chi connectivity index (χ4v) is 1.88. The standard InChI is InChI=1S/C13H8Cl2N2/c14-11-3-1-2-10(13(11)15)12-5-4-9(6-7-16)8-17-12/h1-5,8H,6H2. The molecule has 17 heavy (non-hydrogen) atoms. The van der Waals surface area contributed by atoms with Crippen molar-refractivity contribution in [3.05, 3.63) is 52.1 Å². The second-order valence-electron chi connectivity index (χ2n) is 3.49. The summed E-state index contributed by atoms with van der Waals surface area (Å²) in [5.74, 6) is 0. The molecule has 1 aromatic carbocycles. The summed E-state index contributed by atoms with van der Waals surface area (Å²) in [6.07, 6.45) is 2.03. The average molecular weight is 263 g/mol. The summed E-state index contributed by atoms with van der Waals surface area (Å²) in [7, 11) is 0. The Bertz CT molecular complexity index is 571. The molecule has 2 nitrogen and oxygen atoms in total. The summed E-state index contributed by atoms with van der Waals surface area (Å²) < 4.78 is 0. The van der Waals surface area contributed by atoms with Crippen molar-refractivity contribution < 1.29 is 0 Å². The van der Waals surface area contributed by atoms with Gasteiger partial charge in [0, 0.05) is 11.8 Å². The van der Waals surface area contributed by atoms with Crippen LogP contribution in [0.3, 0.4) is 0 Å². The fraction of sp³-hybridized carbons (Fsp3) is 0.0769. The second-order valence-corrected chi connectivity index (χ2v) is 4.27. The van der Waals surface area contributed by atoms with Crippen LogP contribution in [0.1, 0.15) is 5.56 Å². The SMILES string of the molecule is N#CCc1ccc(-c2cccc(Cl)c2Cl)nc1. The van der Waals surface area contributed by atoms with Crippen molar-refractivity contribution in [2.75, 3.05) is 0 Å². The number of aromatic nitrogens is 1. The van der Waals surface area contributed by atoms with Gasteiger partial charge in [-0.05, 0) is 17.7 Å². The molecule has 0 saturated heterocycles. The first-order valence-electron chi connectivity index (χ1n) is 4.98. The van der Waals surface area contributed by atoms with E-state index >= 15 is 0 Å². The number of benzene rings is 1. The first kappa shape index (κ1) is 11.9. The van der Waals surface area contributed by atoms with Crippen LogP contribution in [0.2, 0.25) is 10.0 Å². The lowest BCUT2D eigenvalue weighted by atomic mass is 10.1. The van der Waals surface area contributed by atoms with Gasteiger partial charge in [0.25, 0.3) is 0 Å². The van der Waals surface area contributed by atoms with E-state index in [4.69, 9.17) is 28.5 Å². The third-order valence-corrected chi connectivity index (χ3v) is 3.15. The number of rotatable bonds is 2. The van der Waals surface area contributed by atoms with Crippen LogP contribution in [0.25, 0.3) is 11.3 Å². The van der Waals surface area contributed by atoms with Gasteiger partial charge in [-0.2, -0.15) is 5.26 Å². The molecule has 0 amide bonds. The molecule has 0 radical (unpaired) electrons. The molecule has 0 atom stereocenters. The average Bonchev–Trinajstić information content (AvgIpc) is 2.34. The van der Waals surface area contributed by atoms with Crippen molar-refractivity contribution in [1.29, 1.82) is 5.26 Å². The minimum Gasteiger partial charge on any atom is -0.256 e. The van der Waals surface area contributed by atoms with Gasteiger partial charge in [-0.15, -0.1) is 0 Å². The van der Waals surface area contributed by atoms with Crippen LogP contribution >= 0.6 is 23.2 Å². The first-order valence-corrected chi connectivity index (χ1v) is 5.74. The van der Waals surface area contributed by atoms with Crippen LogP contribution < -0.4 is 0 Å². The minimum absolute atomic E-state index is 0.358. The lowest BCUT2D eigenvalue weighted by molar-refractivity contribution is 1.19. The normalized spacial score (nSPS) is 9.94. The molecular formula is C13H8Cl2N2. The maximum atomic E-state index is 8.57. The number of hydrogen-bond acceptors (Lipinski definition) is 2. The highest BCUT2D eigenvalue weighted by Crippen LogP contribution is 2.32. The zero-order valence-corrected chi connectivity index (χ0v) is 10.3. The Kier molecular flexibility index (Phi) is 3.63. The minimum atomic E-state index is 0.358. The molecule has 1 aromatic heterocycles. The Morgan fingerprint density at radius 2 is 2.00 bits per heavy atom. The molecule has 1 heterocycles. The molecule has 84 valence electrons. The van der Waals surface area contributed by atoms with Crippen molar-refractivity contribution in [1.82, 2.24) is 4.98 Å². The van der Waals surface area contributed by atoms with Crippen LogP contribution in [0.4, 0.5) is 0 Å². The summed E-state index contributed by atoms with van der Waals surface area (Å²) in [5, 5.41) is 9.57. The lowest BCUT2D eigenvalue weighted by Gasteiger charge is -2.05. The van der Waals surface area contributed by atoms with Crippen molar-refractivity contribution in [3.63, 3.8) is 0 Å². The van der Waals surface area contributed by atoms with E-state index in [0.29, 0.717) is 16.5 Å². The first-order chi connectivity index (χ1) is 8.22. The Hall–Kier alpha value is -1.56. The van der Waals surface area contributed by atoms with Crippen LogP contribution in [0.15, 0.2) is 36.5 Å². The van der Waals surface area contributed by atoms with Gasteiger partial charge in [-0.1, -0.05) is 41.4 Å². The zero-order chi connectivity index (χ0) is 12.3. The van der Waals surface area contributed by atoms with Gasteiger partial charge in [0.15, 0.2) is 0 Å². The van der Waals surface area contributed by atoms with Crippen LogP contribution in [0.5, 0.6) is 0 Å². The van der Waals surface area contributed by atoms with E-state index in [1.165, 1.54) is 0 Å². The van der Waals surface area contributed by atoms with Gasteiger partial charge in [-0.3, -0.25) is 4.98 Å². The molecule has 0 fully saturated rings. The Balaban J connectivity index is 2.41. The maximum absolute atomic E-state index is 8.57. The maximum Gasteiger partial charge on any atom is 0.0717 e. The molecule has 0 N–H and O–H groups in total. The Labute approximate surface area is 109 Å². The van der Waals surface area contributed by atoms with Crippen molar-refractivity contribution in [2.24, 2.45) is 0 Å². The third-order valence-electron chi connectivity index (χ3n) is 2.34. The van der Waals surface area contributed by atoms with Gasteiger partial charge < -0.3 is 0 Å². The number of pyridine rings is 1. The van der Waals surface area contributed by atoms with Gasteiger partial charge >= 0.3 is 0 Å². The molecule has 0 aliphatic carbocycles. The van der Waals surface area contributed by atoms with E-state index in [9.17, 15) is 0 Å². The van der Waals surface area contributed by atoms with E-state index < -0.39 is 0 Å².